The number of aromatic amines is 1. The molecule has 1 atom stereocenters. The van der Waals surface area contributed by atoms with Crippen molar-refractivity contribution < 1.29 is 4.79 Å². The maximum Gasteiger partial charge on any atom is 0.275 e. The molecule has 0 spiro atoms. The lowest BCUT2D eigenvalue weighted by molar-refractivity contribution is 0.0680. The van der Waals surface area contributed by atoms with E-state index < -0.39 is 6.04 Å². The molecule has 0 saturated carbocycles. The smallest absolute Gasteiger partial charge is 0.275 e. The number of nitrogens with zero attached hydrogens (tertiary/aromatic N) is 3. The summed E-state index contributed by atoms with van der Waals surface area (Å²) in [6, 6.07) is 1.56. The van der Waals surface area contributed by atoms with Crippen LogP contribution in [0.15, 0.2) is 17.2 Å². The summed E-state index contributed by atoms with van der Waals surface area (Å²) in [5.74, 6) is -0.339. The highest BCUT2D eigenvalue weighted by Gasteiger charge is 2.27. The normalized spacial score (nSPS) is 19.7. The molecule has 1 aromatic heterocycles. The quantitative estimate of drug-likeness (QED) is 0.628. The Morgan fingerprint density at radius 3 is 3.12 bits per heavy atom. The van der Waals surface area contributed by atoms with Crippen LogP contribution in [0.25, 0.3) is 0 Å². The van der Waals surface area contributed by atoms with Crippen LogP contribution in [0.4, 0.5) is 0 Å². The first kappa shape index (κ1) is 11.3. The van der Waals surface area contributed by atoms with E-state index in [0.29, 0.717) is 19.6 Å². The van der Waals surface area contributed by atoms with E-state index in [4.69, 9.17) is 5.26 Å². The number of nitrogens with one attached hydrogen (secondary N) is 2. The first-order valence-corrected chi connectivity index (χ1v) is 5.18. The molecule has 1 unspecified atom stereocenters. The van der Waals surface area contributed by atoms with Gasteiger partial charge in [-0.2, -0.15) is 5.26 Å². The van der Waals surface area contributed by atoms with Crippen molar-refractivity contribution in [3.05, 3.63) is 28.4 Å². The van der Waals surface area contributed by atoms with Crippen molar-refractivity contribution in [1.29, 1.82) is 5.26 Å². The maximum absolute atomic E-state index is 12.0. The van der Waals surface area contributed by atoms with E-state index in [0.717, 1.165) is 6.20 Å². The molecule has 17 heavy (non-hydrogen) atoms. The average molecular weight is 233 g/mol. The van der Waals surface area contributed by atoms with E-state index in [9.17, 15) is 9.59 Å². The van der Waals surface area contributed by atoms with Gasteiger partial charge in [0.2, 0.25) is 0 Å². The molecule has 88 valence electrons. The summed E-state index contributed by atoms with van der Waals surface area (Å²) >= 11 is 0. The van der Waals surface area contributed by atoms with E-state index in [1.54, 1.807) is 0 Å². The first-order valence-electron chi connectivity index (χ1n) is 5.18. The third kappa shape index (κ3) is 2.32. The Morgan fingerprint density at radius 1 is 1.65 bits per heavy atom. The second-order valence-corrected chi connectivity index (χ2v) is 3.64. The predicted octanol–water partition coefficient (Wildman–Crippen LogP) is -1.29. The Kier molecular flexibility index (Phi) is 3.16. The molecule has 1 saturated heterocycles. The van der Waals surface area contributed by atoms with Gasteiger partial charge in [0.15, 0.2) is 0 Å². The van der Waals surface area contributed by atoms with Crippen molar-refractivity contribution in [3.8, 4) is 6.07 Å². The minimum atomic E-state index is -0.495. The number of carbonyl (C=O) groups is 1. The molecule has 0 aromatic carbocycles. The Labute approximate surface area is 97.1 Å². The number of hydrogen-bond acceptors (Lipinski definition) is 5. The van der Waals surface area contributed by atoms with Crippen LogP contribution in [-0.2, 0) is 0 Å². The average Bonchev–Trinajstić information content (AvgIpc) is 2.39. The summed E-state index contributed by atoms with van der Waals surface area (Å²) in [6.07, 6.45) is 2.32. The van der Waals surface area contributed by atoms with Crippen molar-refractivity contribution in [2.75, 3.05) is 19.6 Å². The second-order valence-electron chi connectivity index (χ2n) is 3.64. The van der Waals surface area contributed by atoms with Crippen LogP contribution < -0.4 is 10.9 Å². The zero-order chi connectivity index (χ0) is 12.3. The van der Waals surface area contributed by atoms with Crippen LogP contribution in [0, 0.1) is 11.3 Å². The zero-order valence-electron chi connectivity index (χ0n) is 9.01. The summed E-state index contributed by atoms with van der Waals surface area (Å²) < 4.78 is 0. The van der Waals surface area contributed by atoms with E-state index in [-0.39, 0.29) is 17.2 Å². The number of piperazine rings is 1. The first-order chi connectivity index (χ1) is 8.22. The summed E-state index contributed by atoms with van der Waals surface area (Å²) in [7, 11) is 0. The largest absolute Gasteiger partial charge is 0.325 e. The van der Waals surface area contributed by atoms with Crippen LogP contribution in [0.1, 0.15) is 10.5 Å². The van der Waals surface area contributed by atoms with Gasteiger partial charge in [-0.05, 0) is 0 Å². The van der Waals surface area contributed by atoms with Gasteiger partial charge < -0.3 is 15.2 Å². The van der Waals surface area contributed by atoms with Crippen molar-refractivity contribution >= 4 is 5.91 Å². The molecule has 1 aliphatic heterocycles. The third-order valence-corrected chi connectivity index (χ3v) is 2.54. The van der Waals surface area contributed by atoms with Gasteiger partial charge in [0, 0.05) is 25.8 Å². The van der Waals surface area contributed by atoms with E-state index in [1.165, 1.54) is 11.1 Å². The topological polar surface area (TPSA) is 102 Å². The van der Waals surface area contributed by atoms with Gasteiger partial charge >= 0.3 is 0 Å². The number of nitriles is 1. The highest BCUT2D eigenvalue weighted by atomic mass is 16.2. The zero-order valence-corrected chi connectivity index (χ0v) is 9.01. The van der Waals surface area contributed by atoms with Gasteiger partial charge in [0.25, 0.3) is 11.5 Å². The lowest BCUT2D eigenvalue weighted by atomic mass is 10.2. The van der Waals surface area contributed by atoms with Gasteiger partial charge in [-0.3, -0.25) is 9.59 Å². The molecule has 1 aliphatic rings. The number of amides is 1. The number of rotatable bonds is 1. The van der Waals surface area contributed by atoms with E-state index >= 15 is 0 Å². The van der Waals surface area contributed by atoms with Crippen molar-refractivity contribution in [1.82, 2.24) is 20.2 Å². The van der Waals surface area contributed by atoms with Crippen LogP contribution in [-0.4, -0.2) is 46.5 Å². The van der Waals surface area contributed by atoms with Gasteiger partial charge in [0.05, 0.1) is 12.3 Å². The van der Waals surface area contributed by atoms with Gasteiger partial charge in [-0.1, -0.05) is 0 Å². The fourth-order valence-corrected chi connectivity index (χ4v) is 1.67. The Balaban J connectivity index is 2.21. The molecule has 1 fully saturated rings. The molecule has 0 aliphatic carbocycles. The van der Waals surface area contributed by atoms with Crippen LogP contribution in [0.2, 0.25) is 0 Å². The fraction of sp³-hybridized carbons (Fsp3) is 0.400. The number of H-pyrrole nitrogens is 1. The summed E-state index contributed by atoms with van der Waals surface area (Å²) in [6.45, 7) is 1.55. The standard InChI is InChI=1S/C10H11N5O2/c11-3-7-4-12-1-2-15(7)10(17)8-5-14-9(16)6-13-8/h5-7,12H,1-2,4H2,(H,14,16). The van der Waals surface area contributed by atoms with Crippen molar-refractivity contribution in [2.45, 2.75) is 6.04 Å². The van der Waals surface area contributed by atoms with Gasteiger partial charge in [0.1, 0.15) is 11.7 Å². The molecule has 0 radical (unpaired) electrons. The predicted molar refractivity (Wildman–Crippen MR) is 58.2 cm³/mol. The SMILES string of the molecule is N#CC1CNCCN1C(=O)c1c[nH]c(=O)cn1. The molecular weight excluding hydrogens is 222 g/mol. The lowest BCUT2D eigenvalue weighted by Crippen LogP contribution is -2.53. The van der Waals surface area contributed by atoms with Crippen molar-refractivity contribution in [3.63, 3.8) is 0 Å². The summed E-state index contributed by atoms with van der Waals surface area (Å²) in [5.41, 5.74) is -0.217. The molecule has 0 bridgehead atoms. The Bertz CT molecular complexity index is 498. The summed E-state index contributed by atoms with van der Waals surface area (Å²) in [4.78, 5) is 30.5. The molecule has 7 heteroatoms. The molecule has 7 nitrogen and oxygen atoms in total. The van der Waals surface area contributed by atoms with Crippen LogP contribution >= 0.6 is 0 Å². The van der Waals surface area contributed by atoms with Gasteiger partial charge in [-0.25, -0.2) is 4.98 Å². The molecule has 2 heterocycles. The minimum Gasteiger partial charge on any atom is -0.325 e. The number of hydrogen-bond donors (Lipinski definition) is 2. The molecular formula is C10H11N5O2. The third-order valence-electron chi connectivity index (χ3n) is 2.54. The Morgan fingerprint density at radius 2 is 2.47 bits per heavy atom. The molecule has 1 aromatic rings. The van der Waals surface area contributed by atoms with E-state index in [1.807, 2.05) is 0 Å². The number of carbonyl (C=O) groups excluding carboxylic acids is 1. The maximum atomic E-state index is 12.0. The molecule has 2 rings (SSSR count). The number of aromatic nitrogens is 2. The Hall–Kier alpha value is -2.20. The van der Waals surface area contributed by atoms with Crippen LogP contribution in [0.3, 0.4) is 0 Å². The fourth-order valence-electron chi connectivity index (χ4n) is 1.67. The highest BCUT2D eigenvalue weighted by molar-refractivity contribution is 5.92. The lowest BCUT2D eigenvalue weighted by Gasteiger charge is -2.31. The van der Waals surface area contributed by atoms with Crippen LogP contribution in [0.5, 0.6) is 0 Å². The van der Waals surface area contributed by atoms with Crippen molar-refractivity contribution in [2.24, 2.45) is 0 Å². The second kappa shape index (κ2) is 4.76. The summed E-state index contributed by atoms with van der Waals surface area (Å²) in [5, 5.41) is 12.0. The molecule has 2 N–H and O–H groups in total. The van der Waals surface area contributed by atoms with Gasteiger partial charge in [-0.15, -0.1) is 0 Å². The highest BCUT2D eigenvalue weighted by Crippen LogP contribution is 2.06. The minimum absolute atomic E-state index is 0.145. The van der Waals surface area contributed by atoms with E-state index in [2.05, 4.69) is 21.4 Å². The molecule has 1 amide bonds. The monoisotopic (exact) mass is 233 g/mol.